The molecule has 4 aromatic rings. The Balaban J connectivity index is 1.33. The number of halogens is 1. The van der Waals surface area contributed by atoms with E-state index in [4.69, 9.17) is 16.3 Å². The molecule has 0 radical (unpaired) electrons. The number of aryl methyl sites for hydroxylation is 2. The monoisotopic (exact) mass is 494 g/mol. The first kappa shape index (κ1) is 23.7. The molecule has 9 heteroatoms. The van der Waals surface area contributed by atoms with Gasteiger partial charge in [0, 0.05) is 11.1 Å². The molecule has 0 atom stereocenters. The van der Waals surface area contributed by atoms with Gasteiger partial charge in [0.25, 0.3) is 0 Å². The minimum atomic E-state index is -0.562. The maximum atomic E-state index is 12.7. The molecule has 4 rings (SSSR count). The molecule has 34 heavy (non-hydrogen) atoms. The molecule has 0 bridgehead atoms. The third-order valence-corrected chi connectivity index (χ3v) is 6.32. The lowest BCUT2D eigenvalue weighted by Gasteiger charge is -2.05. The Bertz CT molecular complexity index is 1300. The van der Waals surface area contributed by atoms with E-state index in [1.54, 1.807) is 17.0 Å². The van der Waals surface area contributed by atoms with Gasteiger partial charge in [0.2, 0.25) is 5.91 Å². The largest absolute Gasteiger partial charge is 0.455 e. The third-order valence-electron chi connectivity index (χ3n) is 5.04. The summed E-state index contributed by atoms with van der Waals surface area (Å²) in [4.78, 5) is 29.4. The predicted octanol–water partition coefficient (Wildman–Crippen LogP) is 5.20. The Morgan fingerprint density at radius 2 is 1.82 bits per heavy atom. The Kier molecular flexibility index (Phi) is 7.40. The standard InChI is InChI=1S/C25H23ClN4O3S/c1-16-8-10-19(11-9-16)27-21(31)12-22-28-20(15-34-22)14-33-25(32)23-17(2)29-30(24(23)26)13-18-6-4-3-5-7-18/h3-11,15H,12-14H2,1-2H3,(H,27,31). The summed E-state index contributed by atoms with van der Waals surface area (Å²) >= 11 is 7.78. The van der Waals surface area contributed by atoms with Crippen LogP contribution < -0.4 is 5.32 Å². The van der Waals surface area contributed by atoms with Crippen LogP contribution in [0.1, 0.15) is 37.9 Å². The molecule has 1 N–H and O–H groups in total. The summed E-state index contributed by atoms with van der Waals surface area (Å²) in [7, 11) is 0. The maximum absolute atomic E-state index is 12.7. The number of benzene rings is 2. The van der Waals surface area contributed by atoms with Crippen LogP contribution >= 0.6 is 22.9 Å². The molecule has 1 amide bonds. The SMILES string of the molecule is Cc1ccc(NC(=O)Cc2nc(COC(=O)c3c(C)nn(Cc4ccccc4)c3Cl)cs2)cc1. The van der Waals surface area contributed by atoms with Gasteiger partial charge in [0.1, 0.15) is 22.3 Å². The van der Waals surface area contributed by atoms with Crippen molar-refractivity contribution in [3.63, 3.8) is 0 Å². The highest BCUT2D eigenvalue weighted by Gasteiger charge is 2.22. The Morgan fingerprint density at radius 3 is 2.56 bits per heavy atom. The summed E-state index contributed by atoms with van der Waals surface area (Å²) in [6, 6.07) is 17.3. The highest BCUT2D eigenvalue weighted by Crippen LogP contribution is 2.23. The van der Waals surface area contributed by atoms with Gasteiger partial charge in [0.05, 0.1) is 24.4 Å². The summed E-state index contributed by atoms with van der Waals surface area (Å²) in [6.07, 6.45) is 0.143. The molecule has 0 aliphatic heterocycles. The highest BCUT2D eigenvalue weighted by atomic mass is 35.5. The lowest BCUT2D eigenvalue weighted by Crippen LogP contribution is -2.14. The third kappa shape index (κ3) is 5.89. The predicted molar refractivity (Wildman–Crippen MR) is 132 cm³/mol. The molecular weight excluding hydrogens is 472 g/mol. The number of hydrogen-bond acceptors (Lipinski definition) is 6. The van der Waals surface area contributed by atoms with Gasteiger partial charge in [-0.3, -0.25) is 4.79 Å². The summed E-state index contributed by atoms with van der Waals surface area (Å²) in [6.45, 7) is 4.14. The van der Waals surface area contributed by atoms with E-state index >= 15 is 0 Å². The van der Waals surface area contributed by atoms with Crippen molar-refractivity contribution in [3.05, 3.63) is 98.2 Å². The number of thiazole rings is 1. The number of carbonyl (C=O) groups is 2. The molecule has 0 saturated carbocycles. The fourth-order valence-corrected chi connectivity index (χ4v) is 4.42. The molecule has 0 aliphatic rings. The zero-order valence-corrected chi connectivity index (χ0v) is 20.3. The molecule has 2 aromatic heterocycles. The first-order valence-corrected chi connectivity index (χ1v) is 11.9. The van der Waals surface area contributed by atoms with Gasteiger partial charge < -0.3 is 10.1 Å². The zero-order chi connectivity index (χ0) is 24.1. The molecule has 0 aliphatic carbocycles. The zero-order valence-electron chi connectivity index (χ0n) is 18.7. The minimum absolute atomic E-state index is 0.0193. The Morgan fingerprint density at radius 1 is 1.09 bits per heavy atom. The van der Waals surface area contributed by atoms with Crippen LogP contribution in [0.3, 0.4) is 0 Å². The van der Waals surface area contributed by atoms with Gasteiger partial charge in [-0.1, -0.05) is 59.6 Å². The number of esters is 1. The van der Waals surface area contributed by atoms with Crippen molar-refractivity contribution in [2.24, 2.45) is 0 Å². The van der Waals surface area contributed by atoms with E-state index in [2.05, 4.69) is 15.4 Å². The average Bonchev–Trinajstić information content (AvgIpc) is 3.37. The molecule has 7 nitrogen and oxygen atoms in total. The second kappa shape index (κ2) is 10.6. The van der Waals surface area contributed by atoms with E-state index in [-0.39, 0.29) is 29.7 Å². The minimum Gasteiger partial charge on any atom is -0.455 e. The molecule has 0 saturated heterocycles. The molecular formula is C25H23ClN4O3S. The smallest absolute Gasteiger partial charge is 0.343 e. The van der Waals surface area contributed by atoms with Crippen molar-refractivity contribution in [1.29, 1.82) is 0 Å². The summed E-state index contributed by atoms with van der Waals surface area (Å²) < 4.78 is 7.01. The molecule has 0 fully saturated rings. The molecule has 0 spiro atoms. The van der Waals surface area contributed by atoms with Crippen LogP contribution in [0.25, 0.3) is 0 Å². The van der Waals surface area contributed by atoms with Crippen molar-refractivity contribution in [2.45, 2.75) is 33.4 Å². The van der Waals surface area contributed by atoms with Crippen LogP contribution in [0.15, 0.2) is 60.0 Å². The quantitative estimate of drug-likeness (QED) is 0.340. The number of carbonyl (C=O) groups excluding carboxylic acids is 2. The van der Waals surface area contributed by atoms with Gasteiger partial charge in [0.15, 0.2) is 0 Å². The van der Waals surface area contributed by atoms with Crippen LogP contribution in [-0.4, -0.2) is 26.6 Å². The first-order chi connectivity index (χ1) is 16.4. The second-order valence-corrected chi connectivity index (χ2v) is 9.09. The lowest BCUT2D eigenvalue weighted by molar-refractivity contribution is -0.115. The number of amides is 1. The fourth-order valence-electron chi connectivity index (χ4n) is 3.33. The summed E-state index contributed by atoms with van der Waals surface area (Å²) in [5.74, 6) is -0.719. The van der Waals surface area contributed by atoms with E-state index < -0.39 is 5.97 Å². The molecule has 2 heterocycles. The van der Waals surface area contributed by atoms with Crippen molar-refractivity contribution in [1.82, 2.24) is 14.8 Å². The topological polar surface area (TPSA) is 86.1 Å². The summed E-state index contributed by atoms with van der Waals surface area (Å²) in [5.41, 5.74) is 4.19. The van der Waals surface area contributed by atoms with Gasteiger partial charge in [-0.25, -0.2) is 14.5 Å². The number of ether oxygens (including phenoxy) is 1. The van der Waals surface area contributed by atoms with Crippen LogP contribution in [-0.2, 0) is 29.1 Å². The summed E-state index contributed by atoms with van der Waals surface area (Å²) in [5, 5.41) is 9.88. The number of nitrogens with zero attached hydrogens (tertiary/aromatic N) is 3. The first-order valence-electron chi connectivity index (χ1n) is 10.6. The number of rotatable bonds is 8. The van der Waals surface area contributed by atoms with E-state index in [1.165, 1.54) is 11.3 Å². The number of nitrogens with one attached hydrogen (secondary N) is 1. The normalized spacial score (nSPS) is 10.8. The lowest BCUT2D eigenvalue weighted by atomic mass is 10.2. The van der Waals surface area contributed by atoms with Crippen molar-refractivity contribution < 1.29 is 14.3 Å². The maximum Gasteiger partial charge on any atom is 0.343 e. The van der Waals surface area contributed by atoms with E-state index in [9.17, 15) is 9.59 Å². The number of aromatic nitrogens is 3. The Labute approximate surface area is 206 Å². The fraction of sp³-hybridized carbons (Fsp3) is 0.200. The van der Waals surface area contributed by atoms with Gasteiger partial charge in [-0.15, -0.1) is 11.3 Å². The highest BCUT2D eigenvalue weighted by molar-refractivity contribution is 7.09. The Hall–Kier alpha value is -3.49. The van der Waals surface area contributed by atoms with Gasteiger partial charge >= 0.3 is 5.97 Å². The van der Waals surface area contributed by atoms with Gasteiger partial charge in [-0.05, 0) is 31.5 Å². The van der Waals surface area contributed by atoms with E-state index in [1.807, 2.05) is 61.5 Å². The van der Waals surface area contributed by atoms with Gasteiger partial charge in [-0.2, -0.15) is 5.10 Å². The van der Waals surface area contributed by atoms with Crippen molar-refractivity contribution in [2.75, 3.05) is 5.32 Å². The van der Waals surface area contributed by atoms with Crippen LogP contribution in [0.5, 0.6) is 0 Å². The molecule has 0 unspecified atom stereocenters. The van der Waals surface area contributed by atoms with Crippen LogP contribution in [0.2, 0.25) is 5.15 Å². The van der Waals surface area contributed by atoms with E-state index in [0.29, 0.717) is 22.9 Å². The van der Waals surface area contributed by atoms with E-state index in [0.717, 1.165) is 16.8 Å². The second-order valence-electron chi connectivity index (χ2n) is 7.79. The average molecular weight is 495 g/mol. The molecule has 2 aromatic carbocycles. The number of anilines is 1. The van der Waals surface area contributed by atoms with Crippen molar-refractivity contribution in [3.8, 4) is 0 Å². The van der Waals surface area contributed by atoms with Crippen LogP contribution in [0.4, 0.5) is 5.69 Å². The number of hydrogen-bond donors (Lipinski definition) is 1. The van der Waals surface area contributed by atoms with Crippen molar-refractivity contribution >= 4 is 40.5 Å². The molecule has 174 valence electrons. The van der Waals surface area contributed by atoms with Crippen LogP contribution in [0, 0.1) is 13.8 Å².